The van der Waals surface area contributed by atoms with E-state index < -0.39 is 0 Å². The Labute approximate surface area is 148 Å². The summed E-state index contributed by atoms with van der Waals surface area (Å²) in [6.45, 7) is 5.13. The molecule has 0 amide bonds. The van der Waals surface area contributed by atoms with Crippen LogP contribution in [0.5, 0.6) is 0 Å². The molecule has 0 aromatic heterocycles. The zero-order valence-electron chi connectivity index (χ0n) is 13.0. The van der Waals surface area contributed by atoms with Gasteiger partial charge in [0.1, 0.15) is 5.82 Å². The van der Waals surface area contributed by atoms with Crippen molar-refractivity contribution in [3.63, 3.8) is 0 Å². The predicted molar refractivity (Wildman–Crippen MR) is 98.2 cm³/mol. The van der Waals surface area contributed by atoms with Crippen molar-refractivity contribution >= 4 is 29.9 Å². The Kier molecular flexibility index (Phi) is 9.38. The highest BCUT2D eigenvalue weighted by atomic mass is 127. The van der Waals surface area contributed by atoms with Crippen LogP contribution < -0.4 is 10.6 Å². The number of aliphatic imine (C=N–C) groups is 1. The van der Waals surface area contributed by atoms with Gasteiger partial charge < -0.3 is 15.4 Å². The average molecular weight is 421 g/mol. The number of benzene rings is 1. The molecule has 0 aliphatic carbocycles. The Hall–Kier alpha value is -0.890. The van der Waals surface area contributed by atoms with Crippen molar-refractivity contribution in [2.75, 3.05) is 19.7 Å². The molecule has 2 rings (SSSR count). The van der Waals surface area contributed by atoms with Gasteiger partial charge in [-0.3, -0.25) is 0 Å². The lowest BCUT2D eigenvalue weighted by Crippen LogP contribution is -2.38. The standard InChI is InChI=1S/C16H24FN3O.HI/c1-2-18-16(19-10-9-15-4-3-11-21-15)20-12-13-5-7-14(17)8-6-13;/h5-8,15H,2-4,9-12H2,1H3,(H2,18,19,20);1H. The molecule has 1 unspecified atom stereocenters. The maximum Gasteiger partial charge on any atom is 0.191 e. The Balaban J connectivity index is 0.00000242. The normalized spacial score (nSPS) is 17.9. The molecule has 1 aromatic carbocycles. The van der Waals surface area contributed by atoms with Crippen LogP contribution in [-0.4, -0.2) is 31.8 Å². The summed E-state index contributed by atoms with van der Waals surface area (Å²) in [6.07, 6.45) is 3.72. The number of rotatable bonds is 6. The summed E-state index contributed by atoms with van der Waals surface area (Å²) in [5.41, 5.74) is 0.993. The van der Waals surface area contributed by atoms with E-state index in [4.69, 9.17) is 4.74 Å². The fourth-order valence-electron chi connectivity index (χ4n) is 2.33. The van der Waals surface area contributed by atoms with Gasteiger partial charge in [0.2, 0.25) is 0 Å². The molecule has 1 heterocycles. The Morgan fingerprint density at radius 3 is 2.73 bits per heavy atom. The third-order valence-electron chi connectivity index (χ3n) is 3.46. The van der Waals surface area contributed by atoms with Crippen molar-refractivity contribution in [1.82, 2.24) is 10.6 Å². The van der Waals surface area contributed by atoms with Crippen molar-refractivity contribution < 1.29 is 9.13 Å². The third kappa shape index (κ3) is 6.91. The highest BCUT2D eigenvalue weighted by Gasteiger charge is 2.14. The molecule has 0 spiro atoms. The predicted octanol–water partition coefficient (Wildman–Crippen LogP) is 3.07. The minimum absolute atomic E-state index is 0. The first-order chi connectivity index (χ1) is 10.3. The molecule has 1 aliphatic rings. The van der Waals surface area contributed by atoms with Crippen molar-refractivity contribution in [3.8, 4) is 0 Å². The van der Waals surface area contributed by atoms with Crippen LogP contribution in [-0.2, 0) is 11.3 Å². The van der Waals surface area contributed by atoms with Gasteiger partial charge in [-0.25, -0.2) is 9.38 Å². The molecule has 124 valence electrons. The van der Waals surface area contributed by atoms with Crippen LogP contribution in [0.4, 0.5) is 4.39 Å². The molecule has 0 radical (unpaired) electrons. The van der Waals surface area contributed by atoms with E-state index in [0.717, 1.165) is 44.1 Å². The van der Waals surface area contributed by atoms with Gasteiger partial charge in [0.25, 0.3) is 0 Å². The van der Waals surface area contributed by atoms with Gasteiger partial charge in [-0.15, -0.1) is 24.0 Å². The van der Waals surface area contributed by atoms with Crippen molar-refractivity contribution in [1.29, 1.82) is 0 Å². The number of hydrogen-bond donors (Lipinski definition) is 2. The van der Waals surface area contributed by atoms with E-state index >= 15 is 0 Å². The second kappa shape index (κ2) is 10.8. The first-order valence-electron chi connectivity index (χ1n) is 7.66. The van der Waals surface area contributed by atoms with Gasteiger partial charge in [0.05, 0.1) is 12.6 Å². The molecule has 1 fully saturated rings. The topological polar surface area (TPSA) is 45.7 Å². The van der Waals surface area contributed by atoms with Gasteiger partial charge in [0.15, 0.2) is 5.96 Å². The SMILES string of the molecule is CCNC(=NCc1ccc(F)cc1)NCCC1CCCO1.I. The molecule has 0 saturated carbocycles. The van der Waals surface area contributed by atoms with Crippen LogP contribution in [0.15, 0.2) is 29.3 Å². The Bertz CT molecular complexity index is 447. The number of nitrogens with one attached hydrogen (secondary N) is 2. The zero-order valence-corrected chi connectivity index (χ0v) is 15.3. The van der Waals surface area contributed by atoms with Crippen LogP contribution in [0.25, 0.3) is 0 Å². The van der Waals surface area contributed by atoms with Crippen molar-refractivity contribution in [3.05, 3.63) is 35.6 Å². The fourth-order valence-corrected chi connectivity index (χ4v) is 2.33. The van der Waals surface area contributed by atoms with Gasteiger partial charge >= 0.3 is 0 Å². The largest absolute Gasteiger partial charge is 0.378 e. The van der Waals surface area contributed by atoms with Crippen LogP contribution in [0.2, 0.25) is 0 Å². The highest BCUT2D eigenvalue weighted by molar-refractivity contribution is 14.0. The minimum Gasteiger partial charge on any atom is -0.378 e. The molecule has 1 aliphatic heterocycles. The van der Waals surface area contributed by atoms with E-state index in [-0.39, 0.29) is 29.8 Å². The monoisotopic (exact) mass is 421 g/mol. The van der Waals surface area contributed by atoms with Gasteiger partial charge in [0, 0.05) is 19.7 Å². The van der Waals surface area contributed by atoms with Crippen LogP contribution in [0.1, 0.15) is 31.7 Å². The van der Waals surface area contributed by atoms with E-state index in [1.54, 1.807) is 12.1 Å². The molecule has 1 aromatic rings. The lowest BCUT2D eigenvalue weighted by atomic mass is 10.2. The lowest BCUT2D eigenvalue weighted by molar-refractivity contribution is 0.105. The summed E-state index contributed by atoms with van der Waals surface area (Å²) in [5.74, 6) is 0.573. The molecule has 0 bridgehead atoms. The maximum atomic E-state index is 12.8. The van der Waals surface area contributed by atoms with Crippen molar-refractivity contribution in [2.45, 2.75) is 38.8 Å². The minimum atomic E-state index is -0.218. The first kappa shape index (κ1) is 19.2. The third-order valence-corrected chi connectivity index (χ3v) is 3.46. The number of halogens is 2. The van der Waals surface area contributed by atoms with Crippen LogP contribution >= 0.6 is 24.0 Å². The summed E-state index contributed by atoms with van der Waals surface area (Å²) in [5, 5.41) is 6.53. The smallest absolute Gasteiger partial charge is 0.191 e. The van der Waals surface area contributed by atoms with E-state index in [0.29, 0.717) is 12.6 Å². The molecule has 1 atom stereocenters. The molecule has 4 nitrogen and oxygen atoms in total. The molecule has 22 heavy (non-hydrogen) atoms. The summed E-state index contributed by atoms with van der Waals surface area (Å²) in [6, 6.07) is 6.44. The molecule has 1 saturated heterocycles. The Morgan fingerprint density at radius 1 is 1.32 bits per heavy atom. The summed E-state index contributed by atoms with van der Waals surface area (Å²) >= 11 is 0. The second-order valence-corrected chi connectivity index (χ2v) is 5.17. The number of ether oxygens (including phenoxy) is 1. The lowest BCUT2D eigenvalue weighted by Gasteiger charge is -2.13. The van der Waals surface area contributed by atoms with E-state index in [9.17, 15) is 4.39 Å². The zero-order chi connectivity index (χ0) is 14.9. The van der Waals surface area contributed by atoms with E-state index in [2.05, 4.69) is 15.6 Å². The fraction of sp³-hybridized carbons (Fsp3) is 0.562. The van der Waals surface area contributed by atoms with Crippen molar-refractivity contribution in [2.24, 2.45) is 4.99 Å². The first-order valence-corrected chi connectivity index (χ1v) is 7.66. The van der Waals surface area contributed by atoms with Gasteiger partial charge in [-0.1, -0.05) is 12.1 Å². The van der Waals surface area contributed by atoms with Gasteiger partial charge in [-0.2, -0.15) is 0 Å². The molecular formula is C16H25FIN3O. The quantitative estimate of drug-likeness (QED) is 0.422. The number of nitrogens with zero attached hydrogens (tertiary/aromatic N) is 1. The van der Waals surface area contributed by atoms with Gasteiger partial charge in [-0.05, 0) is 43.9 Å². The molecule has 6 heteroatoms. The van der Waals surface area contributed by atoms with E-state index in [1.807, 2.05) is 6.92 Å². The molecule has 2 N–H and O–H groups in total. The summed E-state index contributed by atoms with van der Waals surface area (Å²) in [7, 11) is 0. The molecular weight excluding hydrogens is 396 g/mol. The summed E-state index contributed by atoms with van der Waals surface area (Å²) < 4.78 is 18.4. The highest BCUT2D eigenvalue weighted by Crippen LogP contribution is 2.14. The second-order valence-electron chi connectivity index (χ2n) is 5.17. The number of guanidine groups is 1. The number of hydrogen-bond acceptors (Lipinski definition) is 2. The van der Waals surface area contributed by atoms with Crippen LogP contribution in [0.3, 0.4) is 0 Å². The summed E-state index contributed by atoms with van der Waals surface area (Å²) in [4.78, 5) is 4.51. The van der Waals surface area contributed by atoms with Crippen LogP contribution in [0, 0.1) is 5.82 Å². The Morgan fingerprint density at radius 2 is 2.09 bits per heavy atom. The average Bonchev–Trinajstić information content (AvgIpc) is 3.00. The maximum absolute atomic E-state index is 12.8. The van der Waals surface area contributed by atoms with E-state index in [1.165, 1.54) is 18.6 Å².